The van der Waals surface area contributed by atoms with E-state index in [4.69, 9.17) is 0 Å². The van der Waals surface area contributed by atoms with Gasteiger partial charge in [0.1, 0.15) is 6.07 Å². The van der Waals surface area contributed by atoms with Crippen LogP contribution >= 0.6 is 0 Å². The molecule has 1 aliphatic carbocycles. The number of benzene rings is 1. The van der Waals surface area contributed by atoms with Gasteiger partial charge in [0.25, 0.3) is 0 Å². The predicted octanol–water partition coefficient (Wildman–Crippen LogP) is 3.72. The van der Waals surface area contributed by atoms with Crippen LogP contribution in [0.3, 0.4) is 0 Å². The lowest BCUT2D eigenvalue weighted by molar-refractivity contribution is -0.125. The highest BCUT2D eigenvalue weighted by molar-refractivity contribution is 6.03. The van der Waals surface area contributed by atoms with Gasteiger partial charge >= 0.3 is 0 Å². The molecule has 1 aromatic rings. The summed E-state index contributed by atoms with van der Waals surface area (Å²) in [6.07, 6.45) is 4.84. The van der Waals surface area contributed by atoms with Crippen LogP contribution in [-0.4, -0.2) is 18.9 Å². The van der Waals surface area contributed by atoms with Crippen LogP contribution < -0.4 is 4.90 Å². The molecule has 1 saturated heterocycles. The zero-order valence-electron chi connectivity index (χ0n) is 13.3. The van der Waals surface area contributed by atoms with Gasteiger partial charge in [0.15, 0.2) is 5.78 Å². The molecule has 1 fully saturated rings. The summed E-state index contributed by atoms with van der Waals surface area (Å²) < 4.78 is 0. The van der Waals surface area contributed by atoms with Crippen molar-refractivity contribution in [2.24, 2.45) is 10.8 Å². The number of hydrogen-bond donors (Lipinski definition) is 0. The summed E-state index contributed by atoms with van der Waals surface area (Å²) in [6.45, 7) is 5.91. The number of nitriles is 1. The number of carbonyl (C=O) groups is 1. The Balaban J connectivity index is 1.82. The molecule has 1 spiro atoms. The third kappa shape index (κ3) is 2.54. The van der Waals surface area contributed by atoms with Crippen LogP contribution in [0.5, 0.6) is 0 Å². The Labute approximate surface area is 132 Å². The van der Waals surface area contributed by atoms with Crippen LogP contribution in [0.2, 0.25) is 0 Å². The second-order valence-corrected chi connectivity index (χ2v) is 7.24. The largest absolute Gasteiger partial charge is 0.371 e. The molecule has 0 bridgehead atoms. The molecule has 1 heterocycles. The Kier molecular flexibility index (Phi) is 3.56. The Morgan fingerprint density at radius 1 is 1.14 bits per heavy atom. The van der Waals surface area contributed by atoms with E-state index in [0.29, 0.717) is 5.57 Å². The maximum Gasteiger partial charge on any atom is 0.178 e. The normalized spacial score (nSPS) is 23.0. The van der Waals surface area contributed by atoms with Crippen LogP contribution in [-0.2, 0) is 4.79 Å². The van der Waals surface area contributed by atoms with Crippen LogP contribution in [0.15, 0.2) is 42.0 Å². The highest BCUT2D eigenvalue weighted by atomic mass is 16.1. The molecule has 0 aromatic heterocycles. The van der Waals surface area contributed by atoms with Crippen LogP contribution in [0.1, 0.15) is 33.1 Å². The first-order chi connectivity index (χ1) is 10.5. The van der Waals surface area contributed by atoms with Gasteiger partial charge in [-0.1, -0.05) is 38.1 Å². The minimum Gasteiger partial charge on any atom is -0.371 e. The van der Waals surface area contributed by atoms with E-state index in [1.807, 2.05) is 26.0 Å². The third-order valence-electron chi connectivity index (χ3n) is 5.10. The second-order valence-electron chi connectivity index (χ2n) is 7.24. The van der Waals surface area contributed by atoms with Gasteiger partial charge in [0, 0.05) is 24.2 Å². The first-order valence-corrected chi connectivity index (χ1v) is 7.94. The van der Waals surface area contributed by atoms with Gasteiger partial charge in [-0.05, 0) is 36.8 Å². The van der Waals surface area contributed by atoms with Crippen LogP contribution in [0, 0.1) is 22.2 Å². The monoisotopic (exact) mass is 294 g/mol. The Morgan fingerprint density at radius 2 is 1.77 bits per heavy atom. The van der Waals surface area contributed by atoms with Gasteiger partial charge < -0.3 is 4.90 Å². The zero-order valence-corrected chi connectivity index (χ0v) is 13.3. The summed E-state index contributed by atoms with van der Waals surface area (Å²) in [7, 11) is 0. The average molecular weight is 294 g/mol. The van der Waals surface area contributed by atoms with Crippen molar-refractivity contribution < 1.29 is 4.79 Å². The van der Waals surface area contributed by atoms with Crippen molar-refractivity contribution in [3.63, 3.8) is 0 Å². The summed E-state index contributed by atoms with van der Waals surface area (Å²) in [6, 6.07) is 12.6. The average Bonchev–Trinajstić information content (AvgIpc) is 2.52. The number of Topliss-reactive ketones (excluding diaryl/α,β-unsaturated/α-hetero) is 1. The van der Waals surface area contributed by atoms with E-state index in [2.05, 4.69) is 35.2 Å². The first-order valence-electron chi connectivity index (χ1n) is 7.94. The highest BCUT2D eigenvalue weighted by Crippen LogP contribution is 2.48. The number of carbonyl (C=O) groups excluding carboxylic acids is 1. The van der Waals surface area contributed by atoms with Gasteiger partial charge in [-0.25, -0.2) is 0 Å². The molecule has 0 saturated carbocycles. The smallest absolute Gasteiger partial charge is 0.178 e. The second kappa shape index (κ2) is 5.28. The maximum absolute atomic E-state index is 12.3. The molecule has 0 N–H and O–H groups in total. The molecule has 114 valence electrons. The lowest BCUT2D eigenvalue weighted by atomic mass is 9.61. The lowest BCUT2D eigenvalue weighted by Gasteiger charge is -2.46. The molecule has 1 aromatic carbocycles. The van der Waals surface area contributed by atoms with Gasteiger partial charge in [0.2, 0.25) is 0 Å². The van der Waals surface area contributed by atoms with Gasteiger partial charge in [0.05, 0.1) is 5.57 Å². The van der Waals surface area contributed by atoms with E-state index in [-0.39, 0.29) is 11.2 Å². The topological polar surface area (TPSA) is 44.1 Å². The molecule has 3 nitrogen and oxygen atoms in total. The first kappa shape index (κ1) is 14.8. The van der Waals surface area contributed by atoms with Crippen LogP contribution in [0.4, 0.5) is 5.69 Å². The van der Waals surface area contributed by atoms with Crippen molar-refractivity contribution in [2.75, 3.05) is 18.0 Å². The predicted molar refractivity (Wildman–Crippen MR) is 87.4 cm³/mol. The van der Waals surface area contributed by atoms with Crippen LogP contribution in [0.25, 0.3) is 0 Å². The maximum atomic E-state index is 12.3. The van der Waals surface area contributed by atoms with E-state index in [0.717, 1.165) is 32.4 Å². The van der Waals surface area contributed by atoms with Crippen molar-refractivity contribution >= 4 is 11.5 Å². The minimum atomic E-state index is -0.422. The number of anilines is 1. The Hall–Kier alpha value is -2.08. The van der Waals surface area contributed by atoms with E-state index >= 15 is 0 Å². The molecular formula is C19H22N2O. The van der Waals surface area contributed by atoms with Crippen molar-refractivity contribution in [1.29, 1.82) is 5.26 Å². The fourth-order valence-corrected chi connectivity index (χ4v) is 4.00. The van der Waals surface area contributed by atoms with E-state index in [1.54, 1.807) is 0 Å². The standard InChI is InChI=1S/C19H22N2O/c1-18(2)14-19(12-15(13-20)17(18)22)8-10-21(11-9-19)16-6-4-3-5-7-16/h3-7,12H,8-11,14H2,1-2H3. The number of nitrogens with zero attached hydrogens (tertiary/aromatic N) is 2. The summed E-state index contributed by atoms with van der Waals surface area (Å²) in [5.74, 6) is 0.00566. The van der Waals surface area contributed by atoms with Gasteiger partial charge in [-0.15, -0.1) is 0 Å². The number of piperidine rings is 1. The summed E-state index contributed by atoms with van der Waals surface area (Å²) in [4.78, 5) is 14.7. The zero-order chi connectivity index (χ0) is 15.8. The number of allylic oxidation sites excluding steroid dienone is 2. The van der Waals surface area contributed by atoms with Gasteiger partial charge in [-0.3, -0.25) is 4.79 Å². The van der Waals surface area contributed by atoms with Crippen molar-refractivity contribution in [2.45, 2.75) is 33.1 Å². The molecule has 3 rings (SSSR count). The quantitative estimate of drug-likeness (QED) is 0.793. The number of hydrogen-bond acceptors (Lipinski definition) is 3. The van der Waals surface area contributed by atoms with Gasteiger partial charge in [-0.2, -0.15) is 5.26 Å². The molecule has 22 heavy (non-hydrogen) atoms. The summed E-state index contributed by atoms with van der Waals surface area (Å²) in [5.41, 5.74) is 1.21. The minimum absolute atomic E-state index is 0.00566. The molecule has 0 amide bonds. The molecule has 1 aliphatic heterocycles. The number of rotatable bonds is 1. The Morgan fingerprint density at radius 3 is 2.36 bits per heavy atom. The summed E-state index contributed by atoms with van der Waals surface area (Å²) in [5, 5.41) is 9.29. The fourth-order valence-electron chi connectivity index (χ4n) is 4.00. The van der Waals surface area contributed by atoms with Crippen molar-refractivity contribution in [1.82, 2.24) is 0 Å². The molecule has 2 aliphatic rings. The molecule has 0 unspecified atom stereocenters. The summed E-state index contributed by atoms with van der Waals surface area (Å²) >= 11 is 0. The molecule has 0 radical (unpaired) electrons. The SMILES string of the molecule is CC1(C)CC2(C=C(C#N)C1=O)CCN(c1ccccc1)CC2. The van der Waals surface area contributed by atoms with Crippen molar-refractivity contribution in [3.05, 3.63) is 42.0 Å². The van der Waals surface area contributed by atoms with Crippen molar-refractivity contribution in [3.8, 4) is 6.07 Å². The van der Waals surface area contributed by atoms with E-state index in [9.17, 15) is 10.1 Å². The lowest BCUT2D eigenvalue weighted by Crippen LogP contribution is -2.45. The molecule has 0 atom stereocenters. The number of ketones is 1. The van der Waals surface area contributed by atoms with E-state index in [1.165, 1.54) is 5.69 Å². The fraction of sp³-hybridized carbons (Fsp3) is 0.474. The third-order valence-corrected chi connectivity index (χ3v) is 5.10. The number of para-hydroxylation sites is 1. The molecule has 3 heteroatoms. The Bertz CT molecular complexity index is 644. The van der Waals surface area contributed by atoms with E-state index < -0.39 is 5.41 Å². The highest BCUT2D eigenvalue weighted by Gasteiger charge is 2.46. The molecular weight excluding hydrogens is 272 g/mol.